The smallest absolute Gasteiger partial charge is 0.0606 e. The van der Waals surface area contributed by atoms with Crippen LogP contribution in [0.15, 0.2) is 18.2 Å². The SMILES string of the molecule is CCCCN(CCO)c1ccc(N)cc1I. The molecule has 0 aromatic heterocycles. The van der Waals surface area contributed by atoms with E-state index in [-0.39, 0.29) is 6.61 Å². The van der Waals surface area contributed by atoms with Crippen molar-refractivity contribution in [2.45, 2.75) is 19.8 Å². The molecule has 0 amide bonds. The zero-order valence-electron chi connectivity index (χ0n) is 9.62. The third-order valence-corrected chi connectivity index (χ3v) is 3.33. The number of nitrogens with zero attached hydrogens (tertiary/aromatic N) is 1. The molecule has 4 heteroatoms. The monoisotopic (exact) mass is 334 g/mol. The Bertz CT molecular complexity index is 331. The van der Waals surface area contributed by atoms with Gasteiger partial charge in [-0.3, -0.25) is 0 Å². The lowest BCUT2D eigenvalue weighted by molar-refractivity contribution is 0.301. The van der Waals surface area contributed by atoms with E-state index in [9.17, 15) is 0 Å². The van der Waals surface area contributed by atoms with Crippen LogP contribution >= 0.6 is 22.6 Å². The topological polar surface area (TPSA) is 49.5 Å². The van der Waals surface area contributed by atoms with E-state index in [0.717, 1.165) is 34.3 Å². The highest BCUT2D eigenvalue weighted by atomic mass is 127. The maximum Gasteiger partial charge on any atom is 0.0606 e. The van der Waals surface area contributed by atoms with Crippen LogP contribution in [-0.4, -0.2) is 24.8 Å². The second-order valence-corrected chi connectivity index (χ2v) is 4.94. The van der Waals surface area contributed by atoms with E-state index < -0.39 is 0 Å². The number of nitrogen functional groups attached to an aromatic ring is 1. The molecule has 0 saturated heterocycles. The van der Waals surface area contributed by atoms with Gasteiger partial charge in [0.05, 0.1) is 12.3 Å². The van der Waals surface area contributed by atoms with Gasteiger partial charge < -0.3 is 15.7 Å². The lowest BCUT2D eigenvalue weighted by Crippen LogP contribution is -2.28. The fraction of sp³-hybridized carbons (Fsp3) is 0.500. The molecule has 0 spiro atoms. The molecule has 0 fully saturated rings. The molecule has 0 aliphatic rings. The van der Waals surface area contributed by atoms with Gasteiger partial charge in [-0.1, -0.05) is 13.3 Å². The molecule has 0 bridgehead atoms. The average Bonchev–Trinajstić information content (AvgIpc) is 2.25. The molecular formula is C12H19IN2O. The van der Waals surface area contributed by atoms with E-state index in [1.54, 1.807) is 0 Å². The van der Waals surface area contributed by atoms with Gasteiger partial charge in [0.25, 0.3) is 0 Å². The third kappa shape index (κ3) is 3.83. The van der Waals surface area contributed by atoms with Crippen LogP contribution in [0.1, 0.15) is 19.8 Å². The van der Waals surface area contributed by atoms with Crippen LogP contribution in [0.25, 0.3) is 0 Å². The zero-order valence-corrected chi connectivity index (χ0v) is 11.8. The average molecular weight is 334 g/mol. The number of rotatable bonds is 6. The summed E-state index contributed by atoms with van der Waals surface area (Å²) in [5.41, 5.74) is 7.68. The Kier molecular flexibility index (Phi) is 5.90. The second-order valence-electron chi connectivity index (χ2n) is 3.78. The van der Waals surface area contributed by atoms with E-state index in [1.165, 1.54) is 0 Å². The van der Waals surface area contributed by atoms with Crippen LogP contribution in [-0.2, 0) is 0 Å². The van der Waals surface area contributed by atoms with Crippen LogP contribution in [0.2, 0.25) is 0 Å². The summed E-state index contributed by atoms with van der Waals surface area (Å²) in [6, 6.07) is 5.91. The standard InChI is InChI=1S/C12H19IN2O/c1-2-3-6-15(7-8-16)12-5-4-10(14)9-11(12)13/h4-5,9,16H,2-3,6-8,14H2,1H3. The molecule has 0 aliphatic heterocycles. The number of hydrogen-bond donors (Lipinski definition) is 2. The lowest BCUT2D eigenvalue weighted by atomic mass is 10.2. The van der Waals surface area contributed by atoms with Gasteiger partial charge in [0, 0.05) is 22.3 Å². The summed E-state index contributed by atoms with van der Waals surface area (Å²) in [6.07, 6.45) is 2.30. The number of unbranched alkanes of at least 4 members (excludes halogenated alkanes) is 1. The fourth-order valence-corrected chi connectivity index (χ4v) is 2.48. The molecule has 1 rings (SSSR count). The minimum absolute atomic E-state index is 0.185. The normalized spacial score (nSPS) is 10.4. The largest absolute Gasteiger partial charge is 0.399 e. The van der Waals surface area contributed by atoms with Gasteiger partial charge in [0.1, 0.15) is 0 Å². The van der Waals surface area contributed by atoms with E-state index in [1.807, 2.05) is 18.2 Å². The quantitative estimate of drug-likeness (QED) is 0.621. The number of nitrogens with two attached hydrogens (primary N) is 1. The minimum atomic E-state index is 0.185. The van der Waals surface area contributed by atoms with Crippen LogP contribution < -0.4 is 10.6 Å². The highest BCUT2D eigenvalue weighted by Gasteiger charge is 2.09. The summed E-state index contributed by atoms with van der Waals surface area (Å²) in [6.45, 7) is 4.02. The summed E-state index contributed by atoms with van der Waals surface area (Å²) in [5.74, 6) is 0. The Morgan fingerprint density at radius 3 is 2.69 bits per heavy atom. The first-order valence-corrected chi connectivity index (χ1v) is 6.67. The van der Waals surface area contributed by atoms with Gasteiger partial charge in [-0.25, -0.2) is 0 Å². The molecule has 0 heterocycles. The Labute approximate surface area is 111 Å². The first-order valence-electron chi connectivity index (χ1n) is 5.60. The highest BCUT2D eigenvalue weighted by Crippen LogP contribution is 2.24. The Morgan fingerprint density at radius 2 is 2.12 bits per heavy atom. The first kappa shape index (κ1) is 13.6. The van der Waals surface area contributed by atoms with Crippen molar-refractivity contribution < 1.29 is 5.11 Å². The van der Waals surface area contributed by atoms with Crippen molar-refractivity contribution in [1.82, 2.24) is 0 Å². The summed E-state index contributed by atoms with van der Waals surface area (Å²) < 4.78 is 1.14. The predicted octanol–water partition coefficient (Wildman–Crippen LogP) is 2.47. The van der Waals surface area contributed by atoms with Crippen molar-refractivity contribution in [3.05, 3.63) is 21.8 Å². The molecule has 0 saturated carbocycles. The summed E-state index contributed by atoms with van der Waals surface area (Å²) in [4.78, 5) is 2.21. The lowest BCUT2D eigenvalue weighted by Gasteiger charge is -2.25. The summed E-state index contributed by atoms with van der Waals surface area (Å²) in [7, 11) is 0. The number of benzene rings is 1. The van der Waals surface area contributed by atoms with Gasteiger partial charge in [-0.2, -0.15) is 0 Å². The second kappa shape index (κ2) is 6.96. The minimum Gasteiger partial charge on any atom is -0.399 e. The highest BCUT2D eigenvalue weighted by molar-refractivity contribution is 14.1. The predicted molar refractivity (Wildman–Crippen MR) is 77.8 cm³/mol. The van der Waals surface area contributed by atoms with Crippen molar-refractivity contribution in [2.75, 3.05) is 30.3 Å². The third-order valence-electron chi connectivity index (χ3n) is 2.46. The Balaban J connectivity index is 2.82. The summed E-state index contributed by atoms with van der Waals surface area (Å²) >= 11 is 2.29. The van der Waals surface area contributed by atoms with Crippen LogP contribution in [0.3, 0.4) is 0 Å². The van der Waals surface area contributed by atoms with E-state index in [2.05, 4.69) is 34.4 Å². The molecule has 0 unspecified atom stereocenters. The van der Waals surface area contributed by atoms with Crippen molar-refractivity contribution in [3.8, 4) is 0 Å². The molecule has 90 valence electrons. The molecule has 1 aromatic carbocycles. The van der Waals surface area contributed by atoms with Crippen LogP contribution in [0.4, 0.5) is 11.4 Å². The van der Waals surface area contributed by atoms with E-state index in [0.29, 0.717) is 6.54 Å². The van der Waals surface area contributed by atoms with Crippen molar-refractivity contribution in [3.63, 3.8) is 0 Å². The Morgan fingerprint density at radius 1 is 1.38 bits per heavy atom. The molecule has 0 radical (unpaired) electrons. The van der Waals surface area contributed by atoms with Gasteiger partial charge in [-0.05, 0) is 47.2 Å². The molecule has 16 heavy (non-hydrogen) atoms. The van der Waals surface area contributed by atoms with Crippen LogP contribution in [0, 0.1) is 3.57 Å². The first-order chi connectivity index (χ1) is 7.69. The zero-order chi connectivity index (χ0) is 12.0. The molecule has 0 aliphatic carbocycles. The van der Waals surface area contributed by atoms with E-state index >= 15 is 0 Å². The summed E-state index contributed by atoms with van der Waals surface area (Å²) in [5, 5.41) is 9.07. The molecule has 3 nitrogen and oxygen atoms in total. The number of aliphatic hydroxyl groups excluding tert-OH is 1. The molecular weight excluding hydrogens is 315 g/mol. The molecule has 3 N–H and O–H groups in total. The number of aliphatic hydroxyl groups is 1. The van der Waals surface area contributed by atoms with Gasteiger partial charge in [-0.15, -0.1) is 0 Å². The van der Waals surface area contributed by atoms with E-state index in [4.69, 9.17) is 10.8 Å². The molecule has 0 atom stereocenters. The van der Waals surface area contributed by atoms with Crippen molar-refractivity contribution in [1.29, 1.82) is 0 Å². The van der Waals surface area contributed by atoms with Gasteiger partial charge >= 0.3 is 0 Å². The fourth-order valence-electron chi connectivity index (χ4n) is 1.60. The number of hydrogen-bond acceptors (Lipinski definition) is 3. The number of halogens is 1. The van der Waals surface area contributed by atoms with Crippen molar-refractivity contribution in [2.24, 2.45) is 0 Å². The van der Waals surface area contributed by atoms with Gasteiger partial charge in [0.15, 0.2) is 0 Å². The molecule has 1 aromatic rings. The Hall–Kier alpha value is -0.490. The maximum absolute atomic E-state index is 9.07. The maximum atomic E-state index is 9.07. The van der Waals surface area contributed by atoms with Gasteiger partial charge in [0.2, 0.25) is 0 Å². The number of anilines is 2. The van der Waals surface area contributed by atoms with Crippen molar-refractivity contribution >= 4 is 34.0 Å². The van der Waals surface area contributed by atoms with Crippen LogP contribution in [0.5, 0.6) is 0 Å².